The van der Waals surface area contributed by atoms with Gasteiger partial charge in [0, 0.05) is 48.5 Å². The van der Waals surface area contributed by atoms with Crippen LogP contribution in [0.5, 0.6) is 0 Å². The fourth-order valence-electron chi connectivity index (χ4n) is 3.06. The first kappa shape index (κ1) is 17.7. The van der Waals surface area contributed by atoms with Gasteiger partial charge in [0.05, 0.1) is 23.6 Å². The topological polar surface area (TPSA) is 72.9 Å². The number of rotatable bonds is 3. The molecule has 1 aromatic carbocycles. The van der Waals surface area contributed by atoms with Gasteiger partial charge in [0.15, 0.2) is 11.5 Å². The van der Waals surface area contributed by atoms with Crippen molar-refractivity contribution in [3.05, 3.63) is 67.5 Å². The first-order valence-corrected chi connectivity index (χ1v) is 9.21. The van der Waals surface area contributed by atoms with Crippen molar-refractivity contribution >= 4 is 28.1 Å². The molecular formula is C21H21N7. The van der Waals surface area contributed by atoms with Crippen molar-refractivity contribution in [3.8, 4) is 11.3 Å². The smallest absolute Gasteiger partial charge is 0.180 e. The Hall–Kier alpha value is -3.74. The van der Waals surface area contributed by atoms with E-state index in [0.29, 0.717) is 5.82 Å². The van der Waals surface area contributed by atoms with E-state index >= 15 is 0 Å². The molecular weight excluding hydrogens is 350 g/mol. The largest absolute Gasteiger partial charge is 0.337 e. The van der Waals surface area contributed by atoms with E-state index in [2.05, 4.69) is 31.4 Å². The van der Waals surface area contributed by atoms with E-state index in [1.54, 1.807) is 17.1 Å². The number of imidazole rings is 1. The van der Waals surface area contributed by atoms with E-state index in [0.717, 1.165) is 33.5 Å². The summed E-state index contributed by atoms with van der Waals surface area (Å²) in [6, 6.07) is 10.0. The van der Waals surface area contributed by atoms with E-state index in [-0.39, 0.29) is 0 Å². The summed E-state index contributed by atoms with van der Waals surface area (Å²) in [5.41, 5.74) is 4.65. The minimum absolute atomic E-state index is 0.700. The Labute approximate surface area is 162 Å². The summed E-state index contributed by atoms with van der Waals surface area (Å²) in [5, 5.41) is 8.68. The number of aryl methyl sites for hydroxylation is 1. The van der Waals surface area contributed by atoms with Gasteiger partial charge < -0.3 is 5.32 Å². The lowest BCUT2D eigenvalue weighted by atomic mass is 10.2. The van der Waals surface area contributed by atoms with Gasteiger partial charge in [0.2, 0.25) is 0 Å². The van der Waals surface area contributed by atoms with Crippen molar-refractivity contribution in [2.24, 2.45) is 7.05 Å². The first-order valence-electron chi connectivity index (χ1n) is 9.21. The molecule has 5 rings (SSSR count). The van der Waals surface area contributed by atoms with Gasteiger partial charge in [0.25, 0.3) is 0 Å². The number of pyridine rings is 1. The molecule has 0 spiro atoms. The van der Waals surface area contributed by atoms with Crippen molar-refractivity contribution in [2.75, 3.05) is 5.32 Å². The van der Waals surface area contributed by atoms with Gasteiger partial charge in [-0.25, -0.2) is 9.97 Å². The van der Waals surface area contributed by atoms with Crippen LogP contribution in [0.1, 0.15) is 13.8 Å². The summed E-state index contributed by atoms with van der Waals surface area (Å²) in [6.07, 6.45) is 11.1. The molecule has 1 N–H and O–H groups in total. The molecule has 0 unspecified atom stereocenters. The van der Waals surface area contributed by atoms with Gasteiger partial charge in [-0.1, -0.05) is 19.9 Å². The van der Waals surface area contributed by atoms with E-state index in [4.69, 9.17) is 0 Å². The summed E-state index contributed by atoms with van der Waals surface area (Å²) < 4.78 is 3.78. The summed E-state index contributed by atoms with van der Waals surface area (Å²) in [6.45, 7) is 4.00. The van der Waals surface area contributed by atoms with Gasteiger partial charge in [-0.3, -0.25) is 14.1 Å². The Morgan fingerprint density at radius 3 is 2.68 bits per heavy atom. The molecule has 5 aromatic rings. The van der Waals surface area contributed by atoms with E-state index in [9.17, 15) is 0 Å². The standard InChI is InChI=1S/C19H15N7.C2H6/c1-25-12-14(10-23-25)17-11-22-19-18(21-7-8-26(17)19)24-15-4-5-16-13(9-15)3-2-6-20-16;1-2/h2-12H,1H3,(H,21,24);1-2H3. The molecule has 0 radical (unpaired) electrons. The first-order chi connectivity index (χ1) is 13.8. The zero-order valence-corrected chi connectivity index (χ0v) is 16.0. The lowest BCUT2D eigenvalue weighted by Gasteiger charge is -2.08. The Bertz CT molecular complexity index is 1240. The van der Waals surface area contributed by atoms with Crippen LogP contribution in [0.15, 0.2) is 67.5 Å². The zero-order valence-electron chi connectivity index (χ0n) is 16.0. The van der Waals surface area contributed by atoms with Gasteiger partial charge in [-0.05, 0) is 24.3 Å². The molecule has 0 aliphatic heterocycles. The van der Waals surface area contributed by atoms with E-state index < -0.39 is 0 Å². The number of benzene rings is 1. The molecule has 4 aromatic heterocycles. The van der Waals surface area contributed by atoms with E-state index in [1.807, 2.05) is 74.3 Å². The fraction of sp³-hybridized carbons (Fsp3) is 0.143. The summed E-state index contributed by atoms with van der Waals surface area (Å²) in [4.78, 5) is 13.4. The summed E-state index contributed by atoms with van der Waals surface area (Å²) >= 11 is 0. The number of hydrogen-bond donors (Lipinski definition) is 1. The highest BCUT2D eigenvalue weighted by Crippen LogP contribution is 2.26. The molecule has 7 heteroatoms. The highest BCUT2D eigenvalue weighted by Gasteiger charge is 2.11. The molecule has 0 saturated carbocycles. The molecule has 0 aliphatic carbocycles. The fourth-order valence-corrected chi connectivity index (χ4v) is 3.06. The lowest BCUT2D eigenvalue weighted by Crippen LogP contribution is -1.98. The van der Waals surface area contributed by atoms with Crippen LogP contribution in [0.4, 0.5) is 11.5 Å². The third kappa shape index (κ3) is 3.18. The number of nitrogens with zero attached hydrogens (tertiary/aromatic N) is 6. The maximum atomic E-state index is 4.55. The van der Waals surface area contributed by atoms with Crippen molar-refractivity contribution in [1.82, 2.24) is 29.1 Å². The third-order valence-electron chi connectivity index (χ3n) is 4.29. The lowest BCUT2D eigenvalue weighted by molar-refractivity contribution is 0.768. The third-order valence-corrected chi connectivity index (χ3v) is 4.29. The Balaban J connectivity index is 0.000000932. The Morgan fingerprint density at radius 2 is 1.86 bits per heavy atom. The highest BCUT2D eigenvalue weighted by atomic mass is 15.2. The minimum atomic E-state index is 0.700. The molecule has 0 bridgehead atoms. The van der Waals surface area contributed by atoms with Crippen LogP contribution in [0, 0.1) is 0 Å². The minimum Gasteiger partial charge on any atom is -0.337 e. The second-order valence-electron chi connectivity index (χ2n) is 6.05. The van der Waals surface area contributed by atoms with Crippen LogP contribution in [-0.4, -0.2) is 29.1 Å². The van der Waals surface area contributed by atoms with Crippen LogP contribution >= 0.6 is 0 Å². The SMILES string of the molecule is CC.Cn1cc(-c2cnc3c(Nc4ccc5ncccc5c4)nccn23)cn1. The average Bonchev–Trinajstić information content (AvgIpc) is 3.36. The Morgan fingerprint density at radius 1 is 0.964 bits per heavy atom. The number of hydrogen-bond acceptors (Lipinski definition) is 5. The van der Waals surface area contributed by atoms with Gasteiger partial charge in [0.1, 0.15) is 0 Å². The van der Waals surface area contributed by atoms with Crippen LogP contribution < -0.4 is 5.32 Å². The predicted octanol–water partition coefficient (Wildman–Crippen LogP) is 4.45. The van der Waals surface area contributed by atoms with Crippen LogP contribution in [-0.2, 0) is 7.05 Å². The molecule has 0 aliphatic rings. The molecule has 4 heterocycles. The number of anilines is 2. The highest BCUT2D eigenvalue weighted by molar-refractivity contribution is 5.84. The van der Waals surface area contributed by atoms with Gasteiger partial charge in [-0.2, -0.15) is 5.10 Å². The van der Waals surface area contributed by atoms with E-state index in [1.165, 1.54) is 0 Å². The van der Waals surface area contributed by atoms with Crippen LogP contribution in [0.2, 0.25) is 0 Å². The zero-order chi connectivity index (χ0) is 19.5. The molecule has 0 saturated heterocycles. The second-order valence-corrected chi connectivity index (χ2v) is 6.05. The van der Waals surface area contributed by atoms with Crippen molar-refractivity contribution < 1.29 is 0 Å². The molecule has 140 valence electrons. The quantitative estimate of drug-likeness (QED) is 0.507. The molecule has 7 nitrogen and oxygen atoms in total. The normalized spacial score (nSPS) is 10.7. The number of aromatic nitrogens is 6. The average molecular weight is 371 g/mol. The molecule has 0 atom stereocenters. The maximum Gasteiger partial charge on any atom is 0.180 e. The molecule has 0 fully saturated rings. The van der Waals surface area contributed by atoms with Crippen molar-refractivity contribution in [2.45, 2.75) is 13.8 Å². The van der Waals surface area contributed by atoms with Crippen LogP contribution in [0.25, 0.3) is 27.8 Å². The summed E-state index contributed by atoms with van der Waals surface area (Å²) in [5.74, 6) is 0.700. The number of nitrogens with one attached hydrogen (secondary N) is 1. The Kier molecular flexibility index (Phi) is 4.72. The maximum absolute atomic E-state index is 4.55. The van der Waals surface area contributed by atoms with Gasteiger partial charge >= 0.3 is 0 Å². The molecule has 28 heavy (non-hydrogen) atoms. The van der Waals surface area contributed by atoms with Gasteiger partial charge in [-0.15, -0.1) is 0 Å². The molecule has 0 amide bonds. The van der Waals surface area contributed by atoms with Crippen molar-refractivity contribution in [1.29, 1.82) is 0 Å². The number of fused-ring (bicyclic) bond motifs is 2. The van der Waals surface area contributed by atoms with Crippen molar-refractivity contribution in [3.63, 3.8) is 0 Å². The summed E-state index contributed by atoms with van der Waals surface area (Å²) in [7, 11) is 1.90. The van der Waals surface area contributed by atoms with Crippen LogP contribution in [0.3, 0.4) is 0 Å². The second kappa shape index (κ2) is 7.48. The predicted molar refractivity (Wildman–Crippen MR) is 112 cm³/mol. The monoisotopic (exact) mass is 371 g/mol.